The zero-order chi connectivity index (χ0) is 17.2. The number of nitrogens with one attached hydrogen (secondary N) is 1. The lowest BCUT2D eigenvalue weighted by Gasteiger charge is -2.07. The summed E-state index contributed by atoms with van der Waals surface area (Å²) in [6.45, 7) is 0.480. The second-order valence-electron chi connectivity index (χ2n) is 5.01. The van der Waals surface area contributed by atoms with Gasteiger partial charge in [0.15, 0.2) is 15.7 Å². The maximum Gasteiger partial charge on any atom is 0.218 e. The molecule has 0 unspecified atom stereocenters. The van der Waals surface area contributed by atoms with Gasteiger partial charge in [-0.25, -0.2) is 13.4 Å². The third kappa shape index (κ3) is 3.88. The van der Waals surface area contributed by atoms with Crippen LogP contribution < -0.4 is 5.32 Å². The highest BCUT2D eigenvalue weighted by atomic mass is 32.2. The smallest absolute Gasteiger partial charge is 0.218 e. The van der Waals surface area contributed by atoms with Crippen molar-refractivity contribution in [3.63, 3.8) is 0 Å². The first-order valence-corrected chi connectivity index (χ1v) is 9.58. The molecule has 0 radical (unpaired) electrons. The van der Waals surface area contributed by atoms with Crippen LogP contribution in [0.1, 0.15) is 4.88 Å². The highest BCUT2D eigenvalue weighted by molar-refractivity contribution is 7.90. The molecule has 3 rings (SSSR count). The lowest BCUT2D eigenvalue weighted by molar-refractivity contribution is 0.582. The fraction of sp³-hybridized carbons (Fsp3) is 0.125. The summed E-state index contributed by atoms with van der Waals surface area (Å²) >= 11 is 1.41. The van der Waals surface area contributed by atoms with Crippen LogP contribution in [0.25, 0.3) is 11.4 Å². The summed E-state index contributed by atoms with van der Waals surface area (Å²) in [6.07, 6.45) is 1.13. The molecule has 0 aliphatic carbocycles. The largest absolute Gasteiger partial charge is 0.365 e. The van der Waals surface area contributed by atoms with Crippen LogP contribution in [0, 0.1) is 17.4 Å². The number of hydrogen-bond acceptors (Lipinski definition) is 6. The van der Waals surface area contributed by atoms with Crippen LogP contribution in [0.2, 0.25) is 0 Å². The van der Waals surface area contributed by atoms with Gasteiger partial charge in [-0.1, -0.05) is 17.4 Å². The SMILES string of the molecule is CS(=O)(=O)c1ccc(-c2nc(F)cc(NCc3cc#cs3)n2)cc1. The van der Waals surface area contributed by atoms with Gasteiger partial charge in [0.25, 0.3) is 0 Å². The Bertz CT molecular complexity index is 940. The Balaban J connectivity index is 1.85. The van der Waals surface area contributed by atoms with E-state index in [0.717, 1.165) is 11.1 Å². The monoisotopic (exact) mass is 361 g/mol. The fourth-order valence-corrected chi connectivity index (χ4v) is 3.13. The first-order valence-electron chi connectivity index (χ1n) is 6.87. The molecule has 0 aliphatic heterocycles. The van der Waals surface area contributed by atoms with Crippen molar-refractivity contribution in [1.29, 1.82) is 0 Å². The average molecular weight is 361 g/mol. The topological polar surface area (TPSA) is 72.0 Å². The van der Waals surface area contributed by atoms with Gasteiger partial charge < -0.3 is 5.32 Å². The average Bonchev–Trinajstić information content (AvgIpc) is 3.05. The molecule has 3 aromatic rings. The van der Waals surface area contributed by atoms with Crippen LogP contribution >= 0.6 is 11.3 Å². The van der Waals surface area contributed by atoms with E-state index in [9.17, 15) is 12.8 Å². The predicted molar refractivity (Wildman–Crippen MR) is 89.9 cm³/mol. The van der Waals surface area contributed by atoms with Crippen molar-refractivity contribution < 1.29 is 12.8 Å². The van der Waals surface area contributed by atoms with Crippen molar-refractivity contribution in [1.82, 2.24) is 9.97 Å². The maximum atomic E-state index is 13.8. The molecular weight excluding hydrogens is 349 g/mol. The van der Waals surface area contributed by atoms with Gasteiger partial charge in [0.2, 0.25) is 5.95 Å². The highest BCUT2D eigenvalue weighted by Gasteiger charge is 2.10. The molecular formula is C16H12FN3O2S2. The Labute approximate surface area is 143 Å². The van der Waals surface area contributed by atoms with Crippen molar-refractivity contribution in [2.24, 2.45) is 0 Å². The minimum Gasteiger partial charge on any atom is -0.365 e. The summed E-state index contributed by atoms with van der Waals surface area (Å²) in [5, 5.41) is 5.87. The van der Waals surface area contributed by atoms with Crippen molar-refractivity contribution >= 4 is 27.0 Å². The van der Waals surface area contributed by atoms with Crippen LogP contribution in [-0.4, -0.2) is 24.6 Å². The maximum absolute atomic E-state index is 13.8. The Kier molecular flexibility index (Phi) is 4.46. The van der Waals surface area contributed by atoms with Gasteiger partial charge in [-0.3, -0.25) is 0 Å². The summed E-state index contributed by atoms with van der Waals surface area (Å²) in [7, 11) is -3.28. The van der Waals surface area contributed by atoms with Crippen molar-refractivity contribution in [2.45, 2.75) is 11.4 Å². The summed E-state index contributed by atoms with van der Waals surface area (Å²) in [4.78, 5) is 9.21. The molecule has 122 valence electrons. The predicted octanol–water partition coefficient (Wildman–Crippen LogP) is 2.96. The van der Waals surface area contributed by atoms with Crippen molar-refractivity contribution in [3.8, 4) is 11.4 Å². The quantitative estimate of drug-likeness (QED) is 0.708. The van der Waals surface area contributed by atoms with Crippen LogP contribution in [-0.2, 0) is 16.4 Å². The van der Waals surface area contributed by atoms with Crippen LogP contribution in [0.5, 0.6) is 0 Å². The standard InChI is InChI=1S/C16H12FN3O2S2/c1-24(21,22)13-6-4-11(5-7-13)16-19-14(17)9-15(20-16)18-10-12-3-2-8-23-12/h3-7,9H,10H2,1H3,(H,18,19,20). The zero-order valence-electron chi connectivity index (χ0n) is 12.6. The van der Waals surface area contributed by atoms with Gasteiger partial charge in [-0.15, -0.1) is 0 Å². The van der Waals surface area contributed by atoms with Crippen molar-refractivity contribution in [2.75, 3.05) is 11.6 Å². The molecule has 2 aromatic heterocycles. The first-order chi connectivity index (χ1) is 11.4. The van der Waals surface area contributed by atoms with Crippen molar-refractivity contribution in [3.05, 3.63) is 58.7 Å². The van der Waals surface area contributed by atoms with E-state index in [0.29, 0.717) is 17.9 Å². The second-order valence-corrected chi connectivity index (χ2v) is 7.96. The molecule has 1 N–H and O–H groups in total. The molecule has 5 nitrogen and oxygen atoms in total. The summed E-state index contributed by atoms with van der Waals surface area (Å²) in [6, 6.07) is 11.8. The minimum atomic E-state index is -3.28. The molecule has 0 saturated carbocycles. The van der Waals surface area contributed by atoms with E-state index >= 15 is 0 Å². The Morgan fingerprint density at radius 2 is 2.00 bits per heavy atom. The van der Waals surface area contributed by atoms with Gasteiger partial charge in [-0.2, -0.15) is 9.37 Å². The van der Waals surface area contributed by atoms with Crippen LogP contribution in [0.4, 0.5) is 10.2 Å². The Hall–Kier alpha value is -2.50. The minimum absolute atomic E-state index is 0.182. The number of nitrogens with zero attached hydrogens (tertiary/aromatic N) is 2. The number of benzene rings is 1. The second kappa shape index (κ2) is 6.55. The zero-order valence-corrected chi connectivity index (χ0v) is 14.2. The number of anilines is 1. The molecule has 0 atom stereocenters. The van der Waals surface area contributed by atoms with Crippen LogP contribution in [0.15, 0.2) is 41.3 Å². The molecule has 8 heteroatoms. The number of rotatable bonds is 5. The number of halogens is 1. The third-order valence-corrected chi connectivity index (χ3v) is 5.03. The Morgan fingerprint density at radius 3 is 2.62 bits per heavy atom. The van der Waals surface area contributed by atoms with Gasteiger partial charge in [0, 0.05) is 28.8 Å². The highest BCUT2D eigenvalue weighted by Crippen LogP contribution is 2.20. The number of sulfone groups is 1. The molecule has 0 bridgehead atoms. The molecule has 2 heterocycles. The number of hydrogen-bond donors (Lipinski definition) is 1. The van der Waals surface area contributed by atoms with Gasteiger partial charge in [0.1, 0.15) is 5.82 Å². The summed E-state index contributed by atoms with van der Waals surface area (Å²) < 4.78 is 36.7. The van der Waals surface area contributed by atoms with E-state index in [4.69, 9.17) is 0 Å². The van der Waals surface area contributed by atoms with E-state index in [1.54, 1.807) is 18.2 Å². The van der Waals surface area contributed by atoms with Gasteiger partial charge >= 0.3 is 0 Å². The van der Waals surface area contributed by atoms with E-state index in [-0.39, 0.29) is 10.7 Å². The normalized spacial score (nSPS) is 11.1. The molecule has 0 aliphatic rings. The number of aromatic nitrogens is 2. The summed E-state index contributed by atoms with van der Waals surface area (Å²) in [5.41, 5.74) is 0.530. The molecule has 1 aromatic carbocycles. The first kappa shape index (κ1) is 16.4. The lowest BCUT2D eigenvalue weighted by atomic mass is 10.2. The molecule has 0 amide bonds. The third-order valence-electron chi connectivity index (χ3n) is 3.15. The van der Waals surface area contributed by atoms with Crippen LogP contribution in [0.3, 0.4) is 0 Å². The molecule has 24 heavy (non-hydrogen) atoms. The van der Waals surface area contributed by atoms with E-state index < -0.39 is 15.8 Å². The molecule has 0 saturated heterocycles. The Morgan fingerprint density at radius 1 is 1.25 bits per heavy atom. The van der Waals surface area contributed by atoms with E-state index in [2.05, 4.69) is 26.7 Å². The van der Waals surface area contributed by atoms with E-state index in [1.165, 1.54) is 29.5 Å². The van der Waals surface area contributed by atoms with E-state index in [1.807, 2.05) is 0 Å². The van der Waals surface area contributed by atoms with Gasteiger partial charge in [0.05, 0.1) is 11.4 Å². The lowest BCUT2D eigenvalue weighted by Crippen LogP contribution is -2.03. The molecule has 0 fully saturated rings. The van der Waals surface area contributed by atoms with Gasteiger partial charge in [-0.05, 0) is 29.6 Å². The molecule has 0 spiro atoms. The fourth-order valence-electron chi connectivity index (χ4n) is 1.99. The summed E-state index contributed by atoms with van der Waals surface area (Å²) in [5.74, 6) is -0.140.